The molecule has 0 atom stereocenters. The van der Waals surface area contributed by atoms with E-state index in [9.17, 15) is 4.79 Å². The molecule has 0 unspecified atom stereocenters. The smallest absolute Gasteiger partial charge is 0.275 e. The topological polar surface area (TPSA) is 54.0 Å². The fourth-order valence-electron chi connectivity index (χ4n) is 1.66. The lowest BCUT2D eigenvalue weighted by atomic mass is 10.3. The number of halogens is 3. The molecule has 0 spiro atoms. The first kappa shape index (κ1) is 16.1. The van der Waals surface area contributed by atoms with Gasteiger partial charge in [0, 0.05) is 16.0 Å². The number of anilines is 2. The van der Waals surface area contributed by atoms with Gasteiger partial charge in [0.05, 0.1) is 10.7 Å². The van der Waals surface area contributed by atoms with Gasteiger partial charge in [-0.15, -0.1) is 0 Å². The van der Waals surface area contributed by atoms with E-state index in [0.717, 1.165) is 4.47 Å². The second kappa shape index (κ2) is 7.11. The van der Waals surface area contributed by atoms with E-state index in [1.165, 1.54) is 0 Å². The maximum atomic E-state index is 12.3. The first-order valence-corrected chi connectivity index (χ1v) is 7.73. The lowest BCUT2D eigenvalue weighted by Gasteiger charge is -2.10. The monoisotopic (exact) mass is 387 g/mol. The van der Waals surface area contributed by atoms with Crippen LogP contribution in [0.3, 0.4) is 0 Å². The number of nitrogens with one attached hydrogen (secondary N) is 2. The molecule has 1 aromatic heterocycles. The fourth-order valence-corrected chi connectivity index (χ4v) is 2.36. The Morgan fingerprint density at radius 2 is 2.05 bits per heavy atom. The van der Waals surface area contributed by atoms with E-state index in [0.29, 0.717) is 23.1 Å². The van der Waals surface area contributed by atoms with Gasteiger partial charge in [0.2, 0.25) is 0 Å². The van der Waals surface area contributed by atoms with E-state index >= 15 is 0 Å². The summed E-state index contributed by atoms with van der Waals surface area (Å²) in [6, 6.07) is 8.47. The molecule has 0 bridgehead atoms. The summed E-state index contributed by atoms with van der Waals surface area (Å²) in [5.74, 6) is 0.194. The van der Waals surface area contributed by atoms with Crippen molar-refractivity contribution < 1.29 is 4.79 Å². The molecule has 2 N–H and O–H groups in total. The van der Waals surface area contributed by atoms with E-state index in [-0.39, 0.29) is 10.7 Å². The summed E-state index contributed by atoms with van der Waals surface area (Å²) in [4.78, 5) is 16.5. The zero-order valence-corrected chi connectivity index (χ0v) is 14.2. The van der Waals surface area contributed by atoms with Gasteiger partial charge < -0.3 is 10.6 Å². The zero-order chi connectivity index (χ0) is 15.4. The Bertz CT molecular complexity index is 679. The van der Waals surface area contributed by atoms with E-state index in [4.69, 9.17) is 23.2 Å². The Kier molecular flexibility index (Phi) is 5.45. The molecule has 1 amide bonds. The van der Waals surface area contributed by atoms with Gasteiger partial charge in [-0.2, -0.15) is 0 Å². The number of amides is 1. The first-order valence-electron chi connectivity index (χ1n) is 6.18. The Labute approximate surface area is 141 Å². The maximum absolute atomic E-state index is 12.3. The fraction of sp³-hybridized carbons (Fsp3) is 0.143. The average molecular weight is 389 g/mol. The van der Waals surface area contributed by atoms with Crippen molar-refractivity contribution in [2.45, 2.75) is 6.92 Å². The van der Waals surface area contributed by atoms with Gasteiger partial charge >= 0.3 is 0 Å². The number of carbonyl (C=O) groups is 1. The molecule has 0 saturated carbocycles. The molecule has 1 heterocycles. The summed E-state index contributed by atoms with van der Waals surface area (Å²) in [5, 5.41) is 6.57. The Morgan fingerprint density at radius 3 is 2.76 bits per heavy atom. The number of hydrogen-bond acceptors (Lipinski definition) is 3. The Morgan fingerprint density at radius 1 is 1.29 bits per heavy atom. The van der Waals surface area contributed by atoms with Crippen LogP contribution in [0.4, 0.5) is 11.5 Å². The number of hydrogen-bond donors (Lipinski definition) is 2. The van der Waals surface area contributed by atoms with Crippen LogP contribution in [0.2, 0.25) is 10.0 Å². The summed E-state index contributed by atoms with van der Waals surface area (Å²) in [6.07, 6.45) is 0. The number of carbonyl (C=O) groups excluding carboxylic acids is 1. The zero-order valence-electron chi connectivity index (χ0n) is 11.1. The van der Waals surface area contributed by atoms with Gasteiger partial charge in [-0.1, -0.05) is 23.2 Å². The first-order chi connectivity index (χ1) is 10.0. The van der Waals surface area contributed by atoms with Crippen LogP contribution in [-0.2, 0) is 0 Å². The summed E-state index contributed by atoms with van der Waals surface area (Å²) in [7, 11) is 0. The third kappa shape index (κ3) is 4.09. The molecule has 21 heavy (non-hydrogen) atoms. The van der Waals surface area contributed by atoms with Gasteiger partial charge in [-0.05, 0) is 53.2 Å². The second-order valence-electron chi connectivity index (χ2n) is 4.14. The van der Waals surface area contributed by atoms with Crippen LogP contribution >= 0.6 is 39.1 Å². The van der Waals surface area contributed by atoms with Crippen molar-refractivity contribution in [3.63, 3.8) is 0 Å². The highest BCUT2D eigenvalue weighted by molar-refractivity contribution is 9.10. The van der Waals surface area contributed by atoms with Crippen LogP contribution in [0.1, 0.15) is 17.4 Å². The SMILES string of the molecule is CCNc1ccc(Cl)c(C(=O)Nc2cc(Cl)ccc2Br)n1. The number of pyridine rings is 1. The molecular weight excluding hydrogens is 377 g/mol. The lowest BCUT2D eigenvalue weighted by molar-refractivity contribution is 0.102. The van der Waals surface area contributed by atoms with Crippen LogP contribution in [-0.4, -0.2) is 17.4 Å². The van der Waals surface area contributed by atoms with Crippen LogP contribution in [0, 0.1) is 0 Å². The normalized spacial score (nSPS) is 10.3. The summed E-state index contributed by atoms with van der Waals surface area (Å²) in [6.45, 7) is 2.65. The minimum Gasteiger partial charge on any atom is -0.370 e. The third-order valence-corrected chi connectivity index (χ3v) is 3.83. The molecule has 110 valence electrons. The minimum atomic E-state index is -0.400. The largest absolute Gasteiger partial charge is 0.370 e. The van der Waals surface area contributed by atoms with Gasteiger partial charge in [-0.25, -0.2) is 4.98 Å². The van der Waals surface area contributed by atoms with E-state index in [1.807, 2.05) is 6.92 Å². The summed E-state index contributed by atoms with van der Waals surface area (Å²) >= 11 is 15.3. The quantitative estimate of drug-likeness (QED) is 0.788. The van der Waals surface area contributed by atoms with E-state index in [2.05, 4.69) is 31.5 Å². The summed E-state index contributed by atoms with van der Waals surface area (Å²) in [5.41, 5.74) is 0.709. The van der Waals surface area contributed by atoms with Crippen molar-refractivity contribution in [1.82, 2.24) is 4.98 Å². The number of aromatic nitrogens is 1. The molecule has 1 aromatic carbocycles. The Hall–Kier alpha value is -1.30. The van der Waals surface area contributed by atoms with Crippen molar-refractivity contribution in [2.24, 2.45) is 0 Å². The molecule has 0 radical (unpaired) electrons. The molecule has 0 aliphatic rings. The maximum Gasteiger partial charge on any atom is 0.275 e. The van der Waals surface area contributed by atoms with Gasteiger partial charge in [0.25, 0.3) is 5.91 Å². The lowest BCUT2D eigenvalue weighted by Crippen LogP contribution is -2.15. The number of nitrogens with zero attached hydrogens (tertiary/aromatic N) is 1. The number of benzene rings is 1. The molecule has 2 aromatic rings. The predicted molar refractivity (Wildman–Crippen MR) is 90.5 cm³/mol. The molecule has 7 heteroatoms. The number of rotatable bonds is 4. The highest BCUT2D eigenvalue weighted by atomic mass is 79.9. The van der Waals surface area contributed by atoms with E-state index in [1.54, 1.807) is 30.3 Å². The molecule has 0 fully saturated rings. The van der Waals surface area contributed by atoms with Crippen LogP contribution in [0.25, 0.3) is 0 Å². The van der Waals surface area contributed by atoms with E-state index < -0.39 is 5.91 Å². The standard InChI is InChI=1S/C14H12BrCl2N3O/c1-2-18-12-6-5-10(17)13(20-12)14(21)19-11-7-8(16)3-4-9(11)15/h3-7H,2H2,1H3,(H,18,20)(H,19,21). The van der Waals surface area contributed by atoms with Crippen molar-refractivity contribution in [1.29, 1.82) is 0 Å². The molecule has 2 rings (SSSR count). The molecule has 4 nitrogen and oxygen atoms in total. The van der Waals surface area contributed by atoms with Gasteiger partial charge in [0.15, 0.2) is 0 Å². The minimum absolute atomic E-state index is 0.155. The average Bonchev–Trinajstić information content (AvgIpc) is 2.45. The molecule has 0 aliphatic carbocycles. The summed E-state index contributed by atoms with van der Waals surface area (Å²) < 4.78 is 0.721. The van der Waals surface area contributed by atoms with Crippen molar-refractivity contribution in [2.75, 3.05) is 17.2 Å². The van der Waals surface area contributed by atoms with Crippen molar-refractivity contribution in [3.8, 4) is 0 Å². The Balaban J connectivity index is 2.27. The predicted octanol–water partition coefficient (Wildman–Crippen LogP) is 4.84. The second-order valence-corrected chi connectivity index (χ2v) is 5.83. The van der Waals surface area contributed by atoms with Crippen LogP contribution < -0.4 is 10.6 Å². The highest BCUT2D eigenvalue weighted by Gasteiger charge is 2.15. The highest BCUT2D eigenvalue weighted by Crippen LogP contribution is 2.27. The third-order valence-electron chi connectivity index (χ3n) is 2.60. The molecule has 0 aliphatic heterocycles. The van der Waals surface area contributed by atoms with Gasteiger partial charge in [-0.3, -0.25) is 4.79 Å². The molecular formula is C14H12BrCl2N3O. The molecule has 0 saturated heterocycles. The van der Waals surface area contributed by atoms with Crippen molar-refractivity contribution in [3.05, 3.63) is 50.5 Å². The van der Waals surface area contributed by atoms with Crippen LogP contribution in [0.15, 0.2) is 34.8 Å². The van der Waals surface area contributed by atoms with Crippen molar-refractivity contribution >= 4 is 56.5 Å². The van der Waals surface area contributed by atoms with Crippen LogP contribution in [0.5, 0.6) is 0 Å². The van der Waals surface area contributed by atoms with Gasteiger partial charge in [0.1, 0.15) is 11.5 Å².